The molecule has 0 fully saturated rings. The molecular weight excluding hydrogens is 410 g/mol. The van der Waals surface area contributed by atoms with Gasteiger partial charge in [-0.05, 0) is 29.8 Å². The summed E-state index contributed by atoms with van der Waals surface area (Å²) in [7, 11) is 1.84. The van der Waals surface area contributed by atoms with Crippen LogP contribution < -0.4 is 0 Å². The summed E-state index contributed by atoms with van der Waals surface area (Å²) in [6.07, 6.45) is 6.45. The lowest BCUT2D eigenvalue weighted by Gasteiger charge is -2.07. The Labute approximate surface area is 176 Å². The van der Waals surface area contributed by atoms with Gasteiger partial charge in [0, 0.05) is 36.6 Å². The van der Waals surface area contributed by atoms with Gasteiger partial charge in [0.05, 0.1) is 40.8 Å². The third-order valence-corrected chi connectivity index (χ3v) is 4.89. The fraction of sp³-hybridized carbons (Fsp3) is 0.0909. The quantitative estimate of drug-likeness (QED) is 0.427. The Morgan fingerprint density at radius 1 is 1.03 bits per heavy atom. The van der Waals surface area contributed by atoms with Gasteiger partial charge in [0.25, 0.3) is 0 Å². The topological polar surface area (TPSA) is 60.7 Å². The van der Waals surface area contributed by atoms with E-state index in [2.05, 4.69) is 15.1 Å². The van der Waals surface area contributed by atoms with Gasteiger partial charge < -0.3 is 0 Å². The molecule has 0 spiro atoms. The smallest absolute Gasteiger partial charge is 0.171 e. The number of aromatic nitrogens is 4. The Kier molecular flexibility index (Phi) is 5.37. The SMILES string of the molecule is Cn1cc(-c2ccc(Cl)c(-c3cnc(CC(=O)c4ccc(F)cc4F)cn3)c2)cn1. The maximum Gasteiger partial charge on any atom is 0.171 e. The molecule has 0 amide bonds. The predicted octanol–water partition coefficient (Wildman–Crippen LogP) is 4.90. The van der Waals surface area contributed by atoms with Crippen molar-refractivity contribution in [1.82, 2.24) is 19.7 Å². The summed E-state index contributed by atoms with van der Waals surface area (Å²) in [6, 6.07) is 8.40. The standard InChI is InChI=1S/C22H15ClF2N4O/c1-29-12-14(9-28-29)13-2-5-19(23)18(6-13)21-11-26-16(10-27-21)8-22(30)17-4-3-15(24)7-20(17)25/h2-7,9-12H,8H2,1H3. The van der Waals surface area contributed by atoms with E-state index in [1.165, 1.54) is 12.4 Å². The van der Waals surface area contributed by atoms with Gasteiger partial charge in [0.2, 0.25) is 0 Å². The number of aryl methyl sites for hydroxylation is 1. The summed E-state index contributed by atoms with van der Waals surface area (Å²) in [5, 5.41) is 4.68. The fourth-order valence-corrected chi connectivity index (χ4v) is 3.25. The third-order valence-electron chi connectivity index (χ3n) is 4.56. The van der Waals surface area contributed by atoms with E-state index in [1.54, 1.807) is 16.9 Å². The van der Waals surface area contributed by atoms with Gasteiger partial charge in [-0.2, -0.15) is 5.10 Å². The van der Waals surface area contributed by atoms with E-state index in [9.17, 15) is 13.6 Å². The zero-order valence-corrected chi connectivity index (χ0v) is 16.6. The molecule has 2 heterocycles. The molecule has 0 N–H and O–H groups in total. The van der Waals surface area contributed by atoms with Crippen LogP contribution in [0.1, 0.15) is 16.1 Å². The second kappa shape index (κ2) is 8.12. The van der Waals surface area contributed by atoms with E-state index >= 15 is 0 Å². The van der Waals surface area contributed by atoms with Crippen LogP contribution in [0.4, 0.5) is 8.78 Å². The lowest BCUT2D eigenvalue weighted by atomic mass is 10.0. The van der Waals surface area contributed by atoms with Gasteiger partial charge in [-0.25, -0.2) is 8.78 Å². The lowest BCUT2D eigenvalue weighted by molar-refractivity contribution is 0.0988. The molecule has 0 radical (unpaired) electrons. The van der Waals surface area contributed by atoms with Gasteiger partial charge in [0.1, 0.15) is 11.6 Å². The lowest BCUT2D eigenvalue weighted by Crippen LogP contribution is -2.08. The first-order valence-electron chi connectivity index (χ1n) is 8.99. The summed E-state index contributed by atoms with van der Waals surface area (Å²) in [5.74, 6) is -2.15. The summed E-state index contributed by atoms with van der Waals surface area (Å²) in [6.45, 7) is 0. The van der Waals surface area contributed by atoms with Gasteiger partial charge >= 0.3 is 0 Å². The van der Waals surface area contributed by atoms with Crippen LogP contribution in [0.2, 0.25) is 5.02 Å². The summed E-state index contributed by atoms with van der Waals surface area (Å²) < 4.78 is 28.5. The molecule has 0 aliphatic heterocycles. The maximum atomic E-state index is 13.8. The summed E-state index contributed by atoms with van der Waals surface area (Å²) in [4.78, 5) is 20.9. The van der Waals surface area contributed by atoms with Gasteiger partial charge in [0.15, 0.2) is 5.78 Å². The number of hydrogen-bond acceptors (Lipinski definition) is 4. The summed E-state index contributed by atoms with van der Waals surface area (Å²) >= 11 is 6.34. The molecule has 2 aromatic heterocycles. The molecule has 4 rings (SSSR count). The van der Waals surface area contributed by atoms with E-state index in [1.807, 2.05) is 25.4 Å². The number of carbonyl (C=O) groups is 1. The molecule has 0 saturated heterocycles. The van der Waals surface area contributed by atoms with E-state index in [0.29, 0.717) is 28.0 Å². The average Bonchev–Trinajstić information content (AvgIpc) is 3.15. The predicted molar refractivity (Wildman–Crippen MR) is 109 cm³/mol. The van der Waals surface area contributed by atoms with E-state index < -0.39 is 17.4 Å². The van der Waals surface area contributed by atoms with E-state index in [-0.39, 0.29) is 12.0 Å². The van der Waals surface area contributed by atoms with Gasteiger partial charge in [-0.3, -0.25) is 19.4 Å². The van der Waals surface area contributed by atoms with Crippen molar-refractivity contribution in [2.75, 3.05) is 0 Å². The number of halogens is 3. The highest BCUT2D eigenvalue weighted by Crippen LogP contribution is 2.31. The van der Waals surface area contributed by atoms with Crippen molar-refractivity contribution >= 4 is 17.4 Å². The Balaban J connectivity index is 1.57. The van der Waals surface area contributed by atoms with Crippen LogP contribution in [0, 0.1) is 11.6 Å². The van der Waals surface area contributed by atoms with Crippen LogP contribution in [-0.4, -0.2) is 25.5 Å². The molecular formula is C22H15ClF2N4O. The maximum absolute atomic E-state index is 13.8. The molecule has 0 atom stereocenters. The molecule has 4 aromatic rings. The molecule has 0 unspecified atom stereocenters. The number of carbonyl (C=O) groups excluding carboxylic acids is 1. The monoisotopic (exact) mass is 424 g/mol. The number of nitrogens with zero attached hydrogens (tertiary/aromatic N) is 4. The Morgan fingerprint density at radius 3 is 2.53 bits per heavy atom. The number of hydrogen-bond donors (Lipinski definition) is 0. The molecule has 150 valence electrons. The third kappa shape index (κ3) is 4.11. The molecule has 2 aromatic carbocycles. The highest BCUT2D eigenvalue weighted by Gasteiger charge is 2.15. The van der Waals surface area contributed by atoms with Crippen molar-refractivity contribution in [3.8, 4) is 22.4 Å². The van der Waals surface area contributed by atoms with E-state index in [4.69, 9.17) is 11.6 Å². The number of Topliss-reactive ketones (excluding diaryl/α,β-unsaturated/α-hetero) is 1. The average molecular weight is 425 g/mol. The number of rotatable bonds is 5. The minimum absolute atomic E-state index is 0.153. The minimum Gasteiger partial charge on any atom is -0.294 e. The number of ketones is 1. The van der Waals surface area contributed by atoms with Crippen LogP contribution in [0.15, 0.2) is 61.2 Å². The number of benzene rings is 2. The van der Waals surface area contributed by atoms with Crippen LogP contribution in [0.3, 0.4) is 0 Å². The van der Waals surface area contributed by atoms with Crippen molar-refractivity contribution in [1.29, 1.82) is 0 Å². The summed E-state index contributed by atoms with van der Waals surface area (Å²) in [5.41, 5.74) is 3.27. The molecule has 0 aliphatic carbocycles. The fourth-order valence-electron chi connectivity index (χ4n) is 3.03. The Bertz CT molecular complexity index is 1240. The highest BCUT2D eigenvalue weighted by atomic mass is 35.5. The van der Waals surface area contributed by atoms with Crippen molar-refractivity contribution in [3.05, 3.63) is 89.1 Å². The zero-order chi connectivity index (χ0) is 21.3. The normalized spacial score (nSPS) is 10.9. The van der Waals surface area contributed by atoms with Crippen molar-refractivity contribution in [2.24, 2.45) is 7.05 Å². The molecule has 30 heavy (non-hydrogen) atoms. The van der Waals surface area contributed by atoms with Crippen molar-refractivity contribution < 1.29 is 13.6 Å². The zero-order valence-electron chi connectivity index (χ0n) is 15.8. The first kappa shape index (κ1) is 19.8. The van der Waals surface area contributed by atoms with Crippen molar-refractivity contribution in [2.45, 2.75) is 6.42 Å². The molecule has 8 heteroatoms. The molecule has 0 aliphatic rings. The van der Waals surface area contributed by atoms with Crippen molar-refractivity contribution in [3.63, 3.8) is 0 Å². The molecule has 5 nitrogen and oxygen atoms in total. The van der Waals surface area contributed by atoms with Gasteiger partial charge in [-0.15, -0.1) is 0 Å². The largest absolute Gasteiger partial charge is 0.294 e. The second-order valence-electron chi connectivity index (χ2n) is 6.71. The van der Waals surface area contributed by atoms with Crippen LogP contribution in [0.5, 0.6) is 0 Å². The second-order valence-corrected chi connectivity index (χ2v) is 7.12. The minimum atomic E-state index is -0.899. The van der Waals surface area contributed by atoms with Gasteiger partial charge in [-0.1, -0.05) is 17.7 Å². The van der Waals surface area contributed by atoms with Crippen LogP contribution >= 0.6 is 11.6 Å². The first-order valence-corrected chi connectivity index (χ1v) is 9.36. The molecule has 0 saturated carbocycles. The Hall–Kier alpha value is -3.45. The Morgan fingerprint density at radius 2 is 1.87 bits per heavy atom. The van der Waals surface area contributed by atoms with Crippen LogP contribution in [0.25, 0.3) is 22.4 Å². The first-order chi connectivity index (χ1) is 14.4. The van der Waals surface area contributed by atoms with E-state index in [0.717, 1.165) is 23.3 Å². The highest BCUT2D eigenvalue weighted by molar-refractivity contribution is 6.33. The molecule has 0 bridgehead atoms. The van der Waals surface area contributed by atoms with Crippen LogP contribution in [-0.2, 0) is 13.5 Å².